The second-order valence-electron chi connectivity index (χ2n) is 16.9. The van der Waals surface area contributed by atoms with E-state index in [1.165, 1.54) is 143 Å². The Hall–Kier alpha value is -6.58. The van der Waals surface area contributed by atoms with Crippen LogP contribution in [0.15, 0.2) is 133 Å². The maximum atomic E-state index is 6.73. The van der Waals surface area contributed by atoms with Gasteiger partial charge >= 0.3 is 0 Å². The van der Waals surface area contributed by atoms with Crippen molar-refractivity contribution >= 4 is 87.8 Å². The molecule has 2 aliphatic carbocycles. The fourth-order valence-corrected chi connectivity index (χ4v) is 12.1. The molecule has 0 aromatic heterocycles. The predicted octanol–water partition coefficient (Wildman–Crippen LogP) is 17.1. The average molecular weight is 838 g/mol. The minimum absolute atomic E-state index is 0.604. The van der Waals surface area contributed by atoms with Gasteiger partial charge in [0.05, 0.1) is 24.3 Å². The van der Waals surface area contributed by atoms with Gasteiger partial charge in [-0.1, -0.05) is 134 Å². The lowest BCUT2D eigenvalue weighted by Gasteiger charge is -2.20. The highest BCUT2D eigenvalue weighted by Crippen LogP contribution is 2.61. The number of fused-ring (bicyclic) bond motifs is 10. The highest BCUT2D eigenvalue weighted by Gasteiger charge is 2.34. The molecule has 0 heterocycles. The first-order chi connectivity index (χ1) is 30.4. The molecular weight excluding hydrogens is 800 g/mol. The van der Waals surface area contributed by atoms with Gasteiger partial charge in [0.25, 0.3) is 0 Å². The minimum Gasteiger partial charge on any atom is -0.497 e. The van der Waals surface area contributed by atoms with E-state index in [1.807, 2.05) is 0 Å². The molecule has 0 aliphatic heterocycles. The Morgan fingerprint density at radius 1 is 0.355 bits per heavy atom. The van der Waals surface area contributed by atoms with Gasteiger partial charge < -0.3 is 9.47 Å². The molecule has 0 fully saturated rings. The van der Waals surface area contributed by atoms with Crippen molar-refractivity contribution in [1.82, 2.24) is 0 Å². The van der Waals surface area contributed by atoms with Crippen LogP contribution in [-0.2, 0) is 12.8 Å². The largest absolute Gasteiger partial charge is 0.497 e. The number of hydrogen-bond donors (Lipinski definition) is 0. The van der Waals surface area contributed by atoms with Gasteiger partial charge in [0, 0.05) is 0 Å². The van der Waals surface area contributed by atoms with E-state index in [4.69, 9.17) is 32.7 Å². The van der Waals surface area contributed by atoms with Crippen LogP contribution in [0.25, 0.3) is 131 Å². The normalized spacial score (nSPS) is 12.5. The summed E-state index contributed by atoms with van der Waals surface area (Å²) in [7, 11) is 3.46. The number of aryl methyl sites for hydroxylation is 2. The summed E-state index contributed by atoms with van der Waals surface area (Å²) < 4.78 is 11.3. The van der Waals surface area contributed by atoms with E-state index in [9.17, 15) is 0 Å². The summed E-state index contributed by atoms with van der Waals surface area (Å²) in [5, 5.41) is 16.6. The summed E-state index contributed by atoms with van der Waals surface area (Å²) in [6.07, 6.45) is 1.79. The maximum Gasteiger partial charge on any atom is 0.118 e. The van der Waals surface area contributed by atoms with E-state index < -0.39 is 0 Å². The van der Waals surface area contributed by atoms with Crippen LogP contribution in [0.5, 0.6) is 11.5 Å². The Bertz CT molecular complexity index is 3550. The number of ether oxygens (including phenoxy) is 2. The third kappa shape index (κ3) is 4.51. The molecule has 0 bridgehead atoms. The Labute approximate surface area is 369 Å². The number of halogens is 2. The van der Waals surface area contributed by atoms with Crippen LogP contribution in [0.2, 0.25) is 10.0 Å². The van der Waals surface area contributed by atoms with E-state index in [0.717, 1.165) is 24.3 Å². The Morgan fingerprint density at radius 3 is 1.05 bits per heavy atom. The van der Waals surface area contributed by atoms with Crippen LogP contribution in [0.4, 0.5) is 0 Å². The molecule has 0 unspecified atom stereocenters. The average Bonchev–Trinajstić information content (AvgIpc) is 3.83. The summed E-state index contributed by atoms with van der Waals surface area (Å²) in [4.78, 5) is 0. The number of hydrogen-bond acceptors (Lipinski definition) is 2. The minimum atomic E-state index is 0.604. The van der Waals surface area contributed by atoms with Crippen LogP contribution in [0.1, 0.15) is 25.0 Å². The summed E-state index contributed by atoms with van der Waals surface area (Å²) >= 11 is 13.5. The molecular formula is C58H38Cl2O2. The van der Waals surface area contributed by atoms with E-state index >= 15 is 0 Å². The second-order valence-corrected chi connectivity index (χ2v) is 17.7. The molecule has 0 atom stereocenters. The smallest absolute Gasteiger partial charge is 0.118 e. The molecule has 62 heavy (non-hydrogen) atoms. The fourth-order valence-electron chi connectivity index (χ4n) is 11.8. The third-order valence-corrected chi connectivity index (χ3v) is 14.9. The standard InChI is InChI=1S/C58H38Cl2O2/c1-5-33-45-27-47(59)48(60)28-46(45)34(6-2)52-42-24-20-38-40-22-26-44-56-43(25-21-39(54(40)56)37-19-23-41(51(33)52)55(42)53(37)38)57-49(29-11-15-31(61-3)16-12-29)35-9-7-8-10-36(35)50(58(44)57)30-13-17-32(62-4)18-14-30/h7-28H,5-6H2,1-4H3. The first-order valence-electron chi connectivity index (χ1n) is 21.5. The van der Waals surface area contributed by atoms with Crippen LogP contribution < -0.4 is 9.47 Å². The SMILES string of the molecule is CCc1c2c(c(CC)c3cc(Cl)c(Cl)cc13)-c1ccc3c4ccc5c6c(ccc(c7ccc-2c1c73)c64)-c1c-5c(-c2ccc(OC)cc2)c2ccccc2c1-c1ccc(OC)cc1. The Kier molecular flexibility index (Phi) is 7.55. The molecule has 2 aliphatic rings. The lowest BCUT2D eigenvalue weighted by molar-refractivity contribution is 0.415. The first kappa shape index (κ1) is 36.1. The van der Waals surface area contributed by atoms with Crippen molar-refractivity contribution in [2.75, 3.05) is 14.2 Å². The van der Waals surface area contributed by atoms with Crippen LogP contribution in [-0.4, -0.2) is 14.2 Å². The molecule has 11 aromatic carbocycles. The van der Waals surface area contributed by atoms with Crippen molar-refractivity contribution in [3.05, 3.63) is 155 Å². The topological polar surface area (TPSA) is 18.5 Å². The van der Waals surface area contributed by atoms with E-state index in [2.05, 4.69) is 147 Å². The van der Waals surface area contributed by atoms with Crippen molar-refractivity contribution < 1.29 is 9.47 Å². The van der Waals surface area contributed by atoms with Crippen molar-refractivity contribution in [3.8, 4) is 78.3 Å². The lowest BCUT2D eigenvalue weighted by atomic mass is 9.82. The quantitative estimate of drug-likeness (QED) is 0.123. The Morgan fingerprint density at radius 2 is 0.710 bits per heavy atom. The van der Waals surface area contributed by atoms with Crippen molar-refractivity contribution in [2.24, 2.45) is 0 Å². The van der Waals surface area contributed by atoms with Crippen molar-refractivity contribution in [1.29, 1.82) is 0 Å². The molecule has 0 amide bonds. The van der Waals surface area contributed by atoms with Crippen molar-refractivity contribution in [3.63, 3.8) is 0 Å². The first-order valence-corrected chi connectivity index (χ1v) is 22.2. The summed E-state index contributed by atoms with van der Waals surface area (Å²) in [6, 6.07) is 49.5. The van der Waals surface area contributed by atoms with Crippen LogP contribution >= 0.6 is 23.2 Å². The van der Waals surface area contributed by atoms with Gasteiger partial charge in [0.1, 0.15) is 11.5 Å². The molecule has 13 rings (SSSR count). The zero-order valence-corrected chi connectivity index (χ0v) is 36.2. The molecule has 0 saturated heterocycles. The monoisotopic (exact) mass is 836 g/mol. The Balaban J connectivity index is 1.15. The van der Waals surface area contributed by atoms with Crippen LogP contribution in [0, 0.1) is 0 Å². The number of methoxy groups -OCH3 is 2. The van der Waals surface area contributed by atoms with Gasteiger partial charge in [-0.15, -0.1) is 0 Å². The number of benzene rings is 11. The van der Waals surface area contributed by atoms with Gasteiger partial charge in [0.15, 0.2) is 0 Å². The van der Waals surface area contributed by atoms with Crippen molar-refractivity contribution in [2.45, 2.75) is 26.7 Å². The lowest BCUT2D eigenvalue weighted by Crippen LogP contribution is -1.97. The third-order valence-electron chi connectivity index (χ3n) is 14.2. The molecule has 4 heteroatoms. The highest BCUT2D eigenvalue weighted by atomic mass is 35.5. The molecule has 0 saturated carbocycles. The zero-order chi connectivity index (χ0) is 41.7. The van der Waals surface area contributed by atoms with E-state index in [0.29, 0.717) is 10.0 Å². The zero-order valence-electron chi connectivity index (χ0n) is 34.7. The summed E-state index contributed by atoms with van der Waals surface area (Å²) in [5.74, 6) is 1.69. The summed E-state index contributed by atoms with van der Waals surface area (Å²) in [5.41, 5.74) is 17.9. The molecule has 11 aromatic rings. The predicted molar refractivity (Wildman–Crippen MR) is 264 cm³/mol. The van der Waals surface area contributed by atoms with Gasteiger partial charge in [0.2, 0.25) is 0 Å². The molecule has 0 N–H and O–H groups in total. The van der Waals surface area contributed by atoms with Gasteiger partial charge in [-0.05, 0) is 192 Å². The number of rotatable bonds is 6. The highest BCUT2D eigenvalue weighted by molar-refractivity contribution is 6.44. The molecule has 0 radical (unpaired) electrons. The molecule has 296 valence electrons. The summed E-state index contributed by atoms with van der Waals surface area (Å²) in [6.45, 7) is 4.53. The van der Waals surface area contributed by atoms with E-state index in [1.54, 1.807) is 14.2 Å². The van der Waals surface area contributed by atoms with Gasteiger partial charge in [-0.25, -0.2) is 0 Å². The van der Waals surface area contributed by atoms with E-state index in [-0.39, 0.29) is 0 Å². The van der Waals surface area contributed by atoms with Crippen LogP contribution in [0.3, 0.4) is 0 Å². The van der Waals surface area contributed by atoms with Gasteiger partial charge in [-0.2, -0.15) is 0 Å². The van der Waals surface area contributed by atoms with Gasteiger partial charge in [-0.3, -0.25) is 0 Å². The molecule has 0 spiro atoms. The maximum absolute atomic E-state index is 6.73. The molecule has 2 nitrogen and oxygen atoms in total. The second kappa shape index (κ2) is 13.0. The fraction of sp³-hybridized carbons (Fsp3) is 0.103.